The summed E-state index contributed by atoms with van der Waals surface area (Å²) in [6, 6.07) is 5.83. The second-order valence-electron chi connectivity index (χ2n) is 10.6. The summed E-state index contributed by atoms with van der Waals surface area (Å²) in [5.74, 6) is 1.54. The molecule has 0 aliphatic carbocycles. The van der Waals surface area contributed by atoms with Gasteiger partial charge in [0.1, 0.15) is 11.6 Å². The third-order valence-electron chi connectivity index (χ3n) is 7.80. The number of hydrogen-bond donors (Lipinski definition) is 1. The Morgan fingerprint density at radius 1 is 1.21 bits per heavy atom. The molecule has 0 saturated carbocycles. The SMILES string of the molecule is C=CC(=O)N1CCC(N2C(=O)N(C(C)C)Cc3cnc(Nc4ccc(N5CCN(C)CC5)cc4OC)nc32)C1. The molecule has 39 heavy (non-hydrogen) atoms. The van der Waals surface area contributed by atoms with Gasteiger partial charge in [-0.1, -0.05) is 6.58 Å². The van der Waals surface area contributed by atoms with Crippen molar-refractivity contribution < 1.29 is 14.3 Å². The average Bonchev–Trinajstić information content (AvgIpc) is 3.42. The van der Waals surface area contributed by atoms with E-state index in [0.717, 1.165) is 43.1 Å². The van der Waals surface area contributed by atoms with Crippen molar-refractivity contribution in [1.82, 2.24) is 24.7 Å². The average molecular weight is 535 g/mol. The Kier molecular flexibility index (Phi) is 7.60. The summed E-state index contributed by atoms with van der Waals surface area (Å²) >= 11 is 0. The lowest BCUT2D eigenvalue weighted by Crippen LogP contribution is -2.55. The van der Waals surface area contributed by atoms with Crippen LogP contribution >= 0.6 is 0 Å². The lowest BCUT2D eigenvalue weighted by atomic mass is 10.1. The molecule has 2 aromatic rings. The number of carbonyl (C=O) groups excluding carboxylic acids is 2. The molecule has 0 radical (unpaired) electrons. The molecule has 2 fully saturated rings. The Balaban J connectivity index is 1.42. The van der Waals surface area contributed by atoms with Crippen molar-refractivity contribution in [2.45, 2.75) is 38.9 Å². The molecule has 208 valence electrons. The normalized spacial score (nSPS) is 19.9. The number of likely N-dealkylation sites (tertiary alicyclic amines) is 1. The fourth-order valence-electron chi connectivity index (χ4n) is 5.44. The minimum atomic E-state index is -0.179. The van der Waals surface area contributed by atoms with Gasteiger partial charge in [0.05, 0.1) is 25.4 Å². The Bertz CT molecular complexity index is 1240. The van der Waals surface area contributed by atoms with Gasteiger partial charge in [-0.2, -0.15) is 4.98 Å². The van der Waals surface area contributed by atoms with Gasteiger partial charge < -0.3 is 29.7 Å². The van der Waals surface area contributed by atoms with Crippen LogP contribution in [-0.4, -0.2) is 102 Å². The zero-order valence-electron chi connectivity index (χ0n) is 23.3. The van der Waals surface area contributed by atoms with Crippen molar-refractivity contribution in [3.05, 3.63) is 42.6 Å². The molecule has 1 N–H and O–H groups in total. The number of amides is 3. The highest BCUT2D eigenvalue weighted by Crippen LogP contribution is 2.35. The van der Waals surface area contributed by atoms with Crippen LogP contribution in [0.3, 0.4) is 0 Å². The van der Waals surface area contributed by atoms with Crippen LogP contribution in [0.1, 0.15) is 25.8 Å². The second-order valence-corrected chi connectivity index (χ2v) is 10.6. The van der Waals surface area contributed by atoms with Crippen LogP contribution in [-0.2, 0) is 11.3 Å². The second kappa shape index (κ2) is 11.1. The maximum absolute atomic E-state index is 13.7. The van der Waals surface area contributed by atoms with E-state index in [2.05, 4.69) is 39.8 Å². The van der Waals surface area contributed by atoms with E-state index in [1.807, 2.05) is 30.9 Å². The van der Waals surface area contributed by atoms with Gasteiger partial charge in [-0.3, -0.25) is 9.69 Å². The number of methoxy groups -OCH3 is 1. The molecule has 11 nitrogen and oxygen atoms in total. The summed E-state index contributed by atoms with van der Waals surface area (Å²) in [4.78, 5) is 45.3. The quantitative estimate of drug-likeness (QED) is 0.542. The third kappa shape index (κ3) is 5.36. The van der Waals surface area contributed by atoms with Crippen molar-refractivity contribution in [1.29, 1.82) is 0 Å². The van der Waals surface area contributed by atoms with Crippen LogP contribution in [0.25, 0.3) is 0 Å². The Morgan fingerprint density at radius 2 is 1.97 bits per heavy atom. The maximum Gasteiger partial charge on any atom is 0.326 e. The minimum absolute atomic E-state index is 0.0151. The van der Waals surface area contributed by atoms with E-state index in [9.17, 15) is 9.59 Å². The fraction of sp³-hybridized carbons (Fsp3) is 0.500. The molecule has 4 heterocycles. The molecule has 1 aromatic carbocycles. The van der Waals surface area contributed by atoms with Crippen molar-refractivity contribution in [3.8, 4) is 5.75 Å². The predicted octanol–water partition coefficient (Wildman–Crippen LogP) is 2.92. The zero-order valence-corrected chi connectivity index (χ0v) is 23.3. The van der Waals surface area contributed by atoms with E-state index in [1.54, 1.807) is 23.1 Å². The molecule has 3 aliphatic rings. The van der Waals surface area contributed by atoms with Gasteiger partial charge in [0.25, 0.3) is 0 Å². The van der Waals surface area contributed by atoms with Gasteiger partial charge in [-0.05, 0) is 45.5 Å². The number of aromatic nitrogens is 2. The minimum Gasteiger partial charge on any atom is -0.494 e. The summed E-state index contributed by atoms with van der Waals surface area (Å²) in [7, 11) is 3.79. The molecule has 3 amide bonds. The molecule has 0 spiro atoms. The number of fused-ring (bicyclic) bond motifs is 1. The molecule has 0 bridgehead atoms. The van der Waals surface area contributed by atoms with Gasteiger partial charge in [0, 0.05) is 68.8 Å². The molecular formula is C28H38N8O3. The first kappa shape index (κ1) is 26.7. The number of hydrogen-bond acceptors (Lipinski definition) is 8. The first-order valence-corrected chi connectivity index (χ1v) is 13.5. The van der Waals surface area contributed by atoms with Gasteiger partial charge >= 0.3 is 6.03 Å². The number of rotatable bonds is 7. The van der Waals surface area contributed by atoms with E-state index in [-0.39, 0.29) is 24.0 Å². The first-order valence-electron chi connectivity index (χ1n) is 13.5. The molecule has 11 heteroatoms. The molecule has 1 aromatic heterocycles. The zero-order chi connectivity index (χ0) is 27.7. The van der Waals surface area contributed by atoms with E-state index < -0.39 is 0 Å². The highest BCUT2D eigenvalue weighted by molar-refractivity contribution is 5.95. The fourth-order valence-corrected chi connectivity index (χ4v) is 5.44. The molecular weight excluding hydrogens is 496 g/mol. The molecule has 5 rings (SSSR count). The third-order valence-corrected chi connectivity index (χ3v) is 7.80. The summed E-state index contributed by atoms with van der Waals surface area (Å²) in [5, 5.41) is 3.30. The summed E-state index contributed by atoms with van der Waals surface area (Å²) in [6.07, 6.45) is 3.78. The highest BCUT2D eigenvalue weighted by atomic mass is 16.5. The lowest BCUT2D eigenvalue weighted by molar-refractivity contribution is -0.125. The number of piperazine rings is 1. The Morgan fingerprint density at radius 3 is 2.67 bits per heavy atom. The number of urea groups is 1. The Labute approximate surface area is 230 Å². The monoisotopic (exact) mass is 534 g/mol. The number of anilines is 4. The van der Waals surface area contributed by atoms with Gasteiger partial charge in [0.2, 0.25) is 11.9 Å². The first-order chi connectivity index (χ1) is 18.8. The van der Waals surface area contributed by atoms with E-state index in [0.29, 0.717) is 43.6 Å². The number of likely N-dealkylation sites (N-methyl/N-ethyl adjacent to an activating group) is 1. The molecule has 2 saturated heterocycles. The summed E-state index contributed by atoms with van der Waals surface area (Å²) < 4.78 is 5.72. The van der Waals surface area contributed by atoms with Gasteiger partial charge in [-0.15, -0.1) is 0 Å². The van der Waals surface area contributed by atoms with Crippen LogP contribution in [0.2, 0.25) is 0 Å². The lowest BCUT2D eigenvalue weighted by Gasteiger charge is -2.40. The number of nitrogens with zero attached hydrogens (tertiary/aromatic N) is 7. The van der Waals surface area contributed by atoms with Crippen LogP contribution in [0.15, 0.2) is 37.1 Å². The number of carbonyl (C=O) groups is 2. The van der Waals surface area contributed by atoms with Crippen molar-refractivity contribution in [2.75, 3.05) is 68.5 Å². The smallest absolute Gasteiger partial charge is 0.326 e. The largest absolute Gasteiger partial charge is 0.494 e. The summed E-state index contributed by atoms with van der Waals surface area (Å²) in [5.41, 5.74) is 2.73. The van der Waals surface area contributed by atoms with Gasteiger partial charge in [-0.25, -0.2) is 9.78 Å². The van der Waals surface area contributed by atoms with Crippen LogP contribution in [0.5, 0.6) is 5.75 Å². The van der Waals surface area contributed by atoms with E-state index in [4.69, 9.17) is 9.72 Å². The van der Waals surface area contributed by atoms with Crippen LogP contribution in [0, 0.1) is 0 Å². The Hall–Kier alpha value is -3.86. The van der Waals surface area contributed by atoms with E-state index >= 15 is 0 Å². The standard InChI is InChI=1S/C28H38N8O3/c1-6-25(37)34-10-9-22(18-34)36-26-20(17-35(19(2)3)28(36)38)16-29-27(31-26)30-23-8-7-21(15-24(23)39-5)33-13-11-32(4)12-14-33/h6-8,15-16,19,22H,1,9-14,17-18H2,2-5H3,(H,29,30,31). The molecule has 1 unspecified atom stereocenters. The number of benzene rings is 1. The molecule has 3 aliphatic heterocycles. The maximum atomic E-state index is 13.7. The van der Waals surface area contributed by atoms with Crippen LogP contribution in [0.4, 0.5) is 27.9 Å². The van der Waals surface area contributed by atoms with E-state index in [1.165, 1.54) is 6.08 Å². The summed E-state index contributed by atoms with van der Waals surface area (Å²) in [6.45, 7) is 13.0. The number of nitrogens with one attached hydrogen (secondary N) is 1. The van der Waals surface area contributed by atoms with Gasteiger partial charge in [0.15, 0.2) is 0 Å². The number of ether oxygens (including phenoxy) is 1. The van der Waals surface area contributed by atoms with Crippen LogP contribution < -0.4 is 19.9 Å². The molecule has 1 atom stereocenters. The topological polar surface area (TPSA) is 97.4 Å². The van der Waals surface area contributed by atoms with Crippen molar-refractivity contribution in [2.24, 2.45) is 0 Å². The van der Waals surface area contributed by atoms with Crippen molar-refractivity contribution >= 4 is 35.1 Å². The van der Waals surface area contributed by atoms with Crippen molar-refractivity contribution in [3.63, 3.8) is 0 Å². The predicted molar refractivity (Wildman–Crippen MR) is 152 cm³/mol. The highest BCUT2D eigenvalue weighted by Gasteiger charge is 2.41.